The molecule has 4 rings (SSSR count). The summed E-state index contributed by atoms with van der Waals surface area (Å²) in [6.07, 6.45) is 10.9. The van der Waals surface area contributed by atoms with Crippen molar-refractivity contribution in [2.75, 3.05) is 10.6 Å². The second-order valence-electron chi connectivity index (χ2n) is 7.32. The van der Waals surface area contributed by atoms with Gasteiger partial charge < -0.3 is 22.1 Å². The third-order valence-corrected chi connectivity index (χ3v) is 5.14. The molecule has 0 aliphatic heterocycles. The molecule has 154 valence electrons. The molecular weight excluding hydrogens is 380 g/mol. The maximum atomic E-state index is 11.9. The Morgan fingerprint density at radius 1 is 1.10 bits per heavy atom. The van der Waals surface area contributed by atoms with Gasteiger partial charge in [0.2, 0.25) is 0 Å². The van der Waals surface area contributed by atoms with Crippen molar-refractivity contribution in [3.63, 3.8) is 0 Å². The Kier molecular flexibility index (Phi) is 5.80. The Hall–Kier alpha value is -3.59. The van der Waals surface area contributed by atoms with Crippen LogP contribution in [0.1, 0.15) is 36.0 Å². The summed E-state index contributed by atoms with van der Waals surface area (Å²) in [5.41, 5.74) is 13.5. The number of rotatable bonds is 6. The Balaban J connectivity index is 1.60. The zero-order valence-electron chi connectivity index (χ0n) is 16.5. The van der Waals surface area contributed by atoms with E-state index in [1.165, 1.54) is 0 Å². The van der Waals surface area contributed by atoms with Crippen LogP contribution < -0.4 is 22.1 Å². The highest BCUT2D eigenvalue weighted by molar-refractivity contribution is 5.98. The number of primary amides is 1. The number of nitrogens with zero attached hydrogens (tertiary/aromatic N) is 4. The summed E-state index contributed by atoms with van der Waals surface area (Å²) in [4.78, 5) is 29.2. The highest BCUT2D eigenvalue weighted by Crippen LogP contribution is 2.25. The van der Waals surface area contributed by atoms with E-state index >= 15 is 0 Å². The average molecular weight is 404 g/mol. The highest BCUT2D eigenvalue weighted by Gasteiger charge is 2.22. The van der Waals surface area contributed by atoms with Crippen molar-refractivity contribution in [1.82, 2.24) is 19.9 Å². The van der Waals surface area contributed by atoms with Crippen molar-refractivity contribution in [2.24, 2.45) is 11.5 Å². The molecule has 0 spiro atoms. The Bertz CT molecular complexity index is 1030. The van der Waals surface area contributed by atoms with Gasteiger partial charge in [-0.05, 0) is 37.1 Å². The lowest BCUT2D eigenvalue weighted by atomic mass is 9.91. The zero-order valence-corrected chi connectivity index (χ0v) is 16.5. The predicted molar refractivity (Wildman–Crippen MR) is 115 cm³/mol. The molecular formula is C21H24N8O. The maximum absolute atomic E-state index is 11.9. The monoisotopic (exact) mass is 404 g/mol. The van der Waals surface area contributed by atoms with E-state index in [2.05, 4.69) is 30.6 Å². The number of carbonyl (C=O) groups is 1. The number of hydrogen-bond donors (Lipinski definition) is 4. The van der Waals surface area contributed by atoms with Crippen LogP contribution in [0.25, 0.3) is 11.4 Å². The van der Waals surface area contributed by atoms with E-state index in [9.17, 15) is 4.79 Å². The number of hydrogen-bond acceptors (Lipinski definition) is 8. The van der Waals surface area contributed by atoms with E-state index in [0.717, 1.165) is 31.2 Å². The van der Waals surface area contributed by atoms with Crippen LogP contribution in [0.15, 0.2) is 49.1 Å². The highest BCUT2D eigenvalue weighted by atomic mass is 16.1. The normalized spacial score (nSPS) is 18.6. The molecule has 1 amide bonds. The van der Waals surface area contributed by atoms with Crippen LogP contribution in [-0.4, -0.2) is 37.9 Å². The van der Waals surface area contributed by atoms with Crippen LogP contribution in [-0.2, 0) is 0 Å². The largest absolute Gasteiger partial charge is 0.366 e. The van der Waals surface area contributed by atoms with E-state index in [1.54, 1.807) is 43.0 Å². The maximum Gasteiger partial charge on any atom is 0.252 e. The van der Waals surface area contributed by atoms with Crippen molar-refractivity contribution in [3.05, 3.63) is 54.6 Å². The van der Waals surface area contributed by atoms with Crippen molar-refractivity contribution < 1.29 is 4.79 Å². The fourth-order valence-corrected chi connectivity index (χ4v) is 3.58. The molecule has 1 aliphatic carbocycles. The minimum Gasteiger partial charge on any atom is -0.366 e. The van der Waals surface area contributed by atoms with Crippen molar-refractivity contribution >= 4 is 23.2 Å². The van der Waals surface area contributed by atoms with Gasteiger partial charge in [0, 0.05) is 36.2 Å². The molecule has 30 heavy (non-hydrogen) atoms. The lowest BCUT2D eigenvalue weighted by molar-refractivity contribution is 0.100. The summed E-state index contributed by atoms with van der Waals surface area (Å²) in [5, 5.41) is 6.55. The van der Waals surface area contributed by atoms with Crippen LogP contribution in [0.2, 0.25) is 0 Å². The molecule has 0 aromatic carbocycles. The van der Waals surface area contributed by atoms with E-state index in [1.807, 2.05) is 6.07 Å². The number of amides is 1. The van der Waals surface area contributed by atoms with E-state index in [-0.39, 0.29) is 17.6 Å². The molecule has 0 saturated heterocycles. The molecule has 1 saturated carbocycles. The van der Waals surface area contributed by atoms with Gasteiger partial charge in [-0.25, -0.2) is 15.0 Å². The summed E-state index contributed by atoms with van der Waals surface area (Å²) in [6, 6.07) is 7.23. The summed E-state index contributed by atoms with van der Waals surface area (Å²) >= 11 is 0. The first kappa shape index (κ1) is 19.7. The molecule has 0 radical (unpaired) electrons. The van der Waals surface area contributed by atoms with Crippen LogP contribution in [0.3, 0.4) is 0 Å². The van der Waals surface area contributed by atoms with Crippen molar-refractivity contribution in [3.8, 4) is 11.4 Å². The first-order valence-corrected chi connectivity index (χ1v) is 9.92. The first-order valence-electron chi connectivity index (χ1n) is 9.92. The summed E-state index contributed by atoms with van der Waals surface area (Å²) in [7, 11) is 0. The van der Waals surface area contributed by atoms with Gasteiger partial charge in [0.05, 0.1) is 17.4 Å². The first-order chi connectivity index (χ1) is 14.6. The molecule has 9 heteroatoms. The van der Waals surface area contributed by atoms with Crippen LogP contribution in [0, 0.1) is 0 Å². The minimum atomic E-state index is -0.568. The van der Waals surface area contributed by atoms with E-state index < -0.39 is 5.91 Å². The molecule has 2 atom stereocenters. The van der Waals surface area contributed by atoms with Crippen molar-refractivity contribution in [2.45, 2.75) is 37.8 Å². The van der Waals surface area contributed by atoms with Crippen LogP contribution in [0.5, 0.6) is 0 Å². The summed E-state index contributed by atoms with van der Waals surface area (Å²) in [5.74, 6) is 0.977. The number of anilines is 3. The Morgan fingerprint density at radius 2 is 1.90 bits per heavy atom. The van der Waals surface area contributed by atoms with Gasteiger partial charge in [0.25, 0.3) is 5.91 Å². The van der Waals surface area contributed by atoms with Gasteiger partial charge in [0.1, 0.15) is 11.6 Å². The molecule has 9 nitrogen and oxygen atoms in total. The SMILES string of the molecule is NC(=O)c1ccc(NC2CCCCC2N)nc1Nc1cncc(-c2ncccn2)c1. The third-order valence-electron chi connectivity index (χ3n) is 5.14. The molecule has 6 N–H and O–H groups in total. The smallest absolute Gasteiger partial charge is 0.252 e. The fraction of sp³-hybridized carbons (Fsp3) is 0.286. The van der Waals surface area contributed by atoms with Crippen molar-refractivity contribution in [1.29, 1.82) is 0 Å². The van der Waals surface area contributed by atoms with Crippen LogP contribution in [0.4, 0.5) is 17.3 Å². The molecule has 1 aliphatic rings. The number of nitrogens with one attached hydrogen (secondary N) is 2. The van der Waals surface area contributed by atoms with Gasteiger partial charge in [-0.1, -0.05) is 12.8 Å². The fourth-order valence-electron chi connectivity index (χ4n) is 3.58. The second kappa shape index (κ2) is 8.83. The minimum absolute atomic E-state index is 0.0829. The summed E-state index contributed by atoms with van der Waals surface area (Å²) < 4.78 is 0. The molecule has 3 heterocycles. The van der Waals surface area contributed by atoms with Gasteiger partial charge in [-0.15, -0.1) is 0 Å². The molecule has 3 aromatic heterocycles. The standard InChI is InChI=1S/C21H24N8O/c22-16-4-1-2-5-17(16)28-18-7-6-15(19(23)30)21(29-18)27-14-10-13(11-24-12-14)20-25-8-3-9-26-20/h3,6-12,16-17H,1-2,4-5,22H2,(H2,23,30)(H2,27,28,29). The zero-order chi connectivity index (χ0) is 20.9. The van der Waals surface area contributed by atoms with Gasteiger partial charge in [-0.3, -0.25) is 9.78 Å². The number of carbonyl (C=O) groups excluding carboxylic acids is 1. The van der Waals surface area contributed by atoms with E-state index in [0.29, 0.717) is 23.1 Å². The predicted octanol–water partition coefficient (Wildman–Crippen LogP) is 2.46. The van der Waals surface area contributed by atoms with Crippen LogP contribution >= 0.6 is 0 Å². The number of aromatic nitrogens is 4. The van der Waals surface area contributed by atoms with E-state index in [4.69, 9.17) is 11.5 Å². The average Bonchev–Trinajstić information content (AvgIpc) is 2.76. The van der Waals surface area contributed by atoms with Gasteiger partial charge >= 0.3 is 0 Å². The van der Waals surface area contributed by atoms with Gasteiger partial charge in [-0.2, -0.15) is 0 Å². The lowest BCUT2D eigenvalue weighted by Crippen LogP contribution is -2.42. The number of nitrogens with two attached hydrogens (primary N) is 2. The molecule has 0 bridgehead atoms. The summed E-state index contributed by atoms with van der Waals surface area (Å²) in [6.45, 7) is 0. The second-order valence-corrected chi connectivity index (χ2v) is 7.32. The lowest BCUT2D eigenvalue weighted by Gasteiger charge is -2.29. The Labute approximate surface area is 174 Å². The topological polar surface area (TPSA) is 145 Å². The third kappa shape index (κ3) is 4.52. The quantitative estimate of drug-likeness (QED) is 0.490. The molecule has 3 aromatic rings. The number of pyridine rings is 2. The molecule has 1 fully saturated rings. The molecule has 2 unspecified atom stereocenters. The van der Waals surface area contributed by atoms with Gasteiger partial charge in [0.15, 0.2) is 5.82 Å². The Morgan fingerprint density at radius 3 is 2.67 bits per heavy atom.